The van der Waals surface area contributed by atoms with Gasteiger partial charge in [-0.15, -0.1) is 0 Å². The van der Waals surface area contributed by atoms with E-state index < -0.39 is 54.9 Å². The number of aliphatic hydroxyl groups excluding tert-OH is 2. The molecule has 2 N–H and O–H groups in total. The first kappa shape index (κ1) is 43.2. The van der Waals surface area contributed by atoms with E-state index in [4.69, 9.17) is 21.6 Å². The van der Waals surface area contributed by atoms with E-state index in [1.54, 1.807) is 6.55 Å². The average molecular weight is 763 g/mol. The molecule has 0 heterocycles. The highest BCUT2D eigenvalue weighted by atomic mass is 28.5. The maximum absolute atomic E-state index is 13.9. The summed E-state index contributed by atoms with van der Waals surface area (Å²) in [6.07, 6.45) is 1.97. The molecule has 1 unspecified atom stereocenters. The maximum Gasteiger partial charge on any atom is 0.389 e. The summed E-state index contributed by atoms with van der Waals surface area (Å²) in [5.41, 5.74) is 0. The minimum Gasteiger partial charge on any atom is -0.436 e. The van der Waals surface area contributed by atoms with Crippen LogP contribution in [0.2, 0.25) is 64.0 Å². The predicted molar refractivity (Wildman–Crippen MR) is 203 cm³/mol. The predicted octanol–water partition coefficient (Wildman–Crippen LogP) is 8.55. The Kier molecular flexibility index (Phi) is 17.7. The van der Waals surface area contributed by atoms with Crippen LogP contribution in [0, 0.1) is 0 Å². The Morgan fingerprint density at radius 3 is 1.35 bits per heavy atom. The third-order valence-corrected chi connectivity index (χ3v) is 28.9. The molecule has 0 saturated carbocycles. The van der Waals surface area contributed by atoms with E-state index in [1.165, 1.54) is 0 Å². The molecular weight excluding hydrogens is 702 g/mol. The number of hydrogen-bond acceptors (Lipinski definition) is 6. The summed E-state index contributed by atoms with van der Waals surface area (Å²) in [4.78, 5) is 0. The number of benzene rings is 2. The van der Waals surface area contributed by atoms with E-state index in [0.29, 0.717) is 0 Å². The van der Waals surface area contributed by atoms with Crippen molar-refractivity contribution in [2.45, 2.75) is 128 Å². The Hall–Kier alpha value is -0.926. The normalized spacial score (nSPS) is 14.7. The SMILES string of the molecule is C[Si](C)(CCCCCCO)O[Si](C)(C)O[Si](O[Si](C)(CCC(F)(F)F)O[Si](C)(C)CCCCCCO)(c1ccccc1)c1ccccc1. The molecule has 2 aromatic rings. The van der Waals surface area contributed by atoms with Crippen molar-refractivity contribution in [2.75, 3.05) is 13.2 Å². The average Bonchev–Trinajstić information content (AvgIpc) is 2.99. The molecule has 14 heteroatoms. The van der Waals surface area contributed by atoms with Crippen LogP contribution >= 0.6 is 0 Å². The summed E-state index contributed by atoms with van der Waals surface area (Å²) in [7, 11) is -14.9. The summed E-state index contributed by atoms with van der Waals surface area (Å²) in [6, 6.07) is 20.9. The largest absolute Gasteiger partial charge is 0.436 e. The highest BCUT2D eigenvalue weighted by Crippen LogP contribution is 2.34. The molecule has 0 spiro atoms. The van der Waals surface area contributed by atoms with Crippen LogP contribution in [0.1, 0.15) is 57.8 Å². The third-order valence-electron chi connectivity index (χ3n) is 8.31. The molecule has 0 aliphatic heterocycles. The van der Waals surface area contributed by atoms with Gasteiger partial charge in [0.15, 0.2) is 16.6 Å². The lowest BCUT2D eigenvalue weighted by Crippen LogP contribution is -2.72. The Balaban J connectivity index is 2.59. The molecule has 0 fully saturated rings. The van der Waals surface area contributed by atoms with Gasteiger partial charge in [0.1, 0.15) is 0 Å². The lowest BCUT2D eigenvalue weighted by Gasteiger charge is -2.46. The Morgan fingerprint density at radius 2 is 0.938 bits per heavy atom. The molecule has 0 aliphatic carbocycles. The minimum atomic E-state index is -4.36. The molecule has 6 nitrogen and oxygen atoms in total. The van der Waals surface area contributed by atoms with Gasteiger partial charge in [-0.05, 0) is 87.2 Å². The fourth-order valence-corrected chi connectivity index (χ4v) is 31.2. The van der Waals surface area contributed by atoms with Gasteiger partial charge >= 0.3 is 31.9 Å². The zero-order valence-corrected chi connectivity index (χ0v) is 35.3. The zero-order valence-electron chi connectivity index (χ0n) is 30.3. The highest BCUT2D eigenvalue weighted by Gasteiger charge is 2.55. The van der Waals surface area contributed by atoms with Gasteiger partial charge in [0.05, 0.1) is 0 Å². The minimum absolute atomic E-state index is 0.160. The van der Waals surface area contributed by atoms with Gasteiger partial charge in [-0.25, -0.2) is 0 Å². The van der Waals surface area contributed by atoms with Crippen molar-refractivity contribution in [1.82, 2.24) is 0 Å². The van der Waals surface area contributed by atoms with Crippen molar-refractivity contribution < 1.29 is 39.8 Å². The third kappa shape index (κ3) is 16.0. The first-order valence-corrected chi connectivity index (χ1v) is 31.0. The van der Waals surface area contributed by atoms with E-state index >= 15 is 0 Å². The molecule has 274 valence electrons. The van der Waals surface area contributed by atoms with Crippen LogP contribution in [0.25, 0.3) is 0 Å². The summed E-state index contributed by atoms with van der Waals surface area (Å²) < 4.78 is 70.3. The van der Waals surface area contributed by atoms with Gasteiger partial charge in [0.25, 0.3) is 0 Å². The number of rotatable bonds is 24. The van der Waals surface area contributed by atoms with Gasteiger partial charge < -0.3 is 26.7 Å². The second-order valence-electron chi connectivity index (χ2n) is 14.7. The van der Waals surface area contributed by atoms with Crippen molar-refractivity contribution in [2.24, 2.45) is 0 Å². The van der Waals surface area contributed by atoms with E-state index in [2.05, 4.69) is 26.2 Å². The Labute approximate surface area is 293 Å². The molecular formula is C34H61F3O6Si5. The molecule has 2 aromatic carbocycles. The summed E-state index contributed by atoms with van der Waals surface area (Å²) in [5.74, 6) is 0. The second kappa shape index (κ2) is 19.6. The van der Waals surface area contributed by atoms with Gasteiger partial charge in [-0.1, -0.05) is 99.2 Å². The Bertz CT molecular complexity index is 1140. The van der Waals surface area contributed by atoms with Crippen molar-refractivity contribution in [3.63, 3.8) is 0 Å². The van der Waals surface area contributed by atoms with Crippen LogP contribution in [0.15, 0.2) is 60.7 Å². The lowest BCUT2D eigenvalue weighted by atomic mass is 10.2. The monoisotopic (exact) mass is 762 g/mol. The van der Waals surface area contributed by atoms with Crippen molar-refractivity contribution in [1.29, 1.82) is 0 Å². The van der Waals surface area contributed by atoms with E-state index in [1.807, 2.05) is 73.8 Å². The molecule has 2 rings (SSSR count). The zero-order chi connectivity index (χ0) is 36.0. The smallest absolute Gasteiger partial charge is 0.389 e. The van der Waals surface area contributed by atoms with Crippen LogP contribution in [0.3, 0.4) is 0 Å². The highest BCUT2D eigenvalue weighted by molar-refractivity contribution is 7.02. The summed E-state index contributed by atoms with van der Waals surface area (Å²) in [6.45, 7) is 14.8. The van der Waals surface area contributed by atoms with Crippen molar-refractivity contribution in [3.8, 4) is 0 Å². The maximum atomic E-state index is 13.9. The summed E-state index contributed by atoms with van der Waals surface area (Å²) >= 11 is 0. The van der Waals surface area contributed by atoms with Crippen molar-refractivity contribution in [3.05, 3.63) is 60.7 Å². The fraction of sp³-hybridized carbons (Fsp3) is 0.647. The standard InChI is InChI=1S/C34H61F3O6Si5/c1-44(2,29-20-10-8-18-27-38)40-46(5,6)42-48(32-22-14-12-15-23-32,33-24-16-13-17-25-33)43-47(7,31-26-34(35,36)37)41-45(3,4)30-21-11-9-19-28-39/h12-17,22-25,38-39H,8-11,18-21,26-31H2,1-7H3. The Morgan fingerprint density at radius 1 is 0.521 bits per heavy atom. The number of hydrogen-bond donors (Lipinski definition) is 2. The van der Waals surface area contributed by atoms with E-state index in [0.717, 1.165) is 73.8 Å². The van der Waals surface area contributed by atoms with Gasteiger partial charge in [0.2, 0.25) is 0 Å². The van der Waals surface area contributed by atoms with Crippen LogP contribution < -0.4 is 10.4 Å². The molecule has 0 amide bonds. The van der Waals surface area contributed by atoms with Gasteiger partial charge in [0, 0.05) is 19.6 Å². The molecule has 0 aliphatic rings. The first-order valence-electron chi connectivity index (χ1n) is 17.6. The van der Waals surface area contributed by atoms with Gasteiger partial charge in [-0.3, -0.25) is 0 Å². The molecule has 48 heavy (non-hydrogen) atoms. The molecule has 0 radical (unpaired) electrons. The number of alkyl halides is 3. The number of unbranched alkanes of at least 4 members (excludes halogenated alkanes) is 6. The van der Waals surface area contributed by atoms with Crippen LogP contribution in [0.5, 0.6) is 0 Å². The molecule has 0 bridgehead atoms. The van der Waals surface area contributed by atoms with E-state index in [-0.39, 0.29) is 19.3 Å². The molecule has 0 aromatic heterocycles. The van der Waals surface area contributed by atoms with Crippen LogP contribution in [-0.2, 0) is 16.5 Å². The fourth-order valence-electron chi connectivity index (χ4n) is 6.29. The molecule has 1 atom stereocenters. The number of halogens is 3. The van der Waals surface area contributed by atoms with Crippen LogP contribution in [-0.4, -0.2) is 71.9 Å². The summed E-state index contributed by atoms with van der Waals surface area (Å²) in [5, 5.41) is 20.0. The number of aliphatic hydroxyl groups is 2. The first-order chi connectivity index (χ1) is 22.4. The quantitative estimate of drug-likeness (QED) is 0.0825. The van der Waals surface area contributed by atoms with Crippen LogP contribution in [0.4, 0.5) is 13.2 Å². The second-order valence-corrected chi connectivity index (χ2v) is 34.0. The van der Waals surface area contributed by atoms with Crippen molar-refractivity contribution >= 4 is 52.7 Å². The molecule has 0 saturated heterocycles. The topological polar surface area (TPSA) is 77.4 Å². The van der Waals surface area contributed by atoms with Gasteiger partial charge in [-0.2, -0.15) is 13.2 Å². The van der Waals surface area contributed by atoms with E-state index in [9.17, 15) is 18.3 Å². The lowest BCUT2D eigenvalue weighted by molar-refractivity contribution is -0.131.